The third-order valence-corrected chi connectivity index (χ3v) is 3.23. The van der Waals surface area contributed by atoms with Crippen LogP contribution in [0.3, 0.4) is 0 Å². The number of alkyl halides is 2. The summed E-state index contributed by atoms with van der Waals surface area (Å²) in [6, 6.07) is 0.876. The zero-order chi connectivity index (χ0) is 14.8. The maximum absolute atomic E-state index is 12.8. The zero-order valence-electron chi connectivity index (χ0n) is 10.4. The van der Waals surface area contributed by atoms with Gasteiger partial charge in [-0.25, -0.2) is 22.3 Å². The number of halogens is 3. The highest BCUT2D eigenvalue weighted by molar-refractivity contribution is 7.89. The number of primary sulfonamides is 1. The number of nitrogens with one attached hydrogen (secondary N) is 1. The second-order valence-electron chi connectivity index (χ2n) is 3.82. The number of amides is 1. The molecule has 0 aromatic carbocycles. The second-order valence-corrected chi connectivity index (χ2v) is 5.35. The SMILES string of the molecule is Cc1oc(C(=O)NCC(F)(F)CN)cc1S(N)(=O)=O.Cl. The number of nitrogens with two attached hydrogens (primary N) is 2. The number of carbonyl (C=O) groups is 1. The van der Waals surface area contributed by atoms with E-state index in [9.17, 15) is 22.0 Å². The standard InChI is InChI=1S/C9H13F2N3O4S.ClH/c1-5-7(19(13,16)17)2-6(18-5)8(15)14-4-9(10,11)3-12;/h2H,3-4,12H2,1H3,(H,14,15)(H2,13,16,17);1H. The van der Waals surface area contributed by atoms with Gasteiger partial charge >= 0.3 is 0 Å². The number of carbonyl (C=O) groups excluding carboxylic acids is 1. The molecule has 1 aromatic heterocycles. The van der Waals surface area contributed by atoms with Gasteiger partial charge < -0.3 is 15.5 Å². The average Bonchev–Trinajstić information content (AvgIpc) is 2.68. The third-order valence-electron chi connectivity index (χ3n) is 2.21. The lowest BCUT2D eigenvalue weighted by atomic mass is 10.3. The predicted octanol–water partition coefficient (Wildman–Crippen LogP) is -0.0190. The van der Waals surface area contributed by atoms with E-state index in [4.69, 9.17) is 15.3 Å². The molecule has 116 valence electrons. The molecular weight excluding hydrogens is 320 g/mol. The monoisotopic (exact) mass is 333 g/mol. The number of furan rings is 1. The minimum Gasteiger partial charge on any atom is -0.455 e. The van der Waals surface area contributed by atoms with E-state index in [0.29, 0.717) is 0 Å². The van der Waals surface area contributed by atoms with Crippen LogP contribution in [0.5, 0.6) is 0 Å². The van der Waals surface area contributed by atoms with Gasteiger partial charge in [-0.15, -0.1) is 12.4 Å². The predicted molar refractivity (Wildman–Crippen MR) is 68.4 cm³/mol. The molecule has 11 heteroatoms. The molecule has 0 atom stereocenters. The molecule has 0 aliphatic heterocycles. The fraction of sp³-hybridized carbons (Fsp3) is 0.444. The van der Waals surface area contributed by atoms with Crippen LogP contribution in [0.25, 0.3) is 0 Å². The lowest BCUT2D eigenvalue weighted by Gasteiger charge is -2.13. The molecule has 20 heavy (non-hydrogen) atoms. The van der Waals surface area contributed by atoms with Gasteiger partial charge in [0.15, 0.2) is 5.76 Å². The molecule has 0 unspecified atom stereocenters. The molecule has 0 bridgehead atoms. The van der Waals surface area contributed by atoms with Crippen molar-refractivity contribution in [3.8, 4) is 0 Å². The number of hydrogen-bond donors (Lipinski definition) is 3. The number of hydrogen-bond acceptors (Lipinski definition) is 5. The van der Waals surface area contributed by atoms with Gasteiger partial charge in [0.05, 0.1) is 13.1 Å². The van der Waals surface area contributed by atoms with Gasteiger partial charge in [0.2, 0.25) is 10.0 Å². The summed E-state index contributed by atoms with van der Waals surface area (Å²) in [7, 11) is -4.04. The highest BCUT2D eigenvalue weighted by Crippen LogP contribution is 2.18. The molecule has 1 rings (SSSR count). The van der Waals surface area contributed by atoms with Crippen LogP contribution in [-0.4, -0.2) is 33.3 Å². The molecule has 0 fully saturated rings. The first-order valence-electron chi connectivity index (χ1n) is 5.06. The van der Waals surface area contributed by atoms with E-state index in [1.807, 2.05) is 5.32 Å². The van der Waals surface area contributed by atoms with Crippen molar-refractivity contribution >= 4 is 28.3 Å². The lowest BCUT2D eigenvalue weighted by molar-refractivity contribution is 0.0115. The minimum atomic E-state index is -4.04. The number of rotatable bonds is 5. The van der Waals surface area contributed by atoms with E-state index in [1.165, 1.54) is 6.92 Å². The molecule has 1 amide bonds. The molecule has 1 aromatic rings. The van der Waals surface area contributed by atoms with Gasteiger partial charge in [0, 0.05) is 6.07 Å². The Kier molecular flexibility index (Phi) is 6.08. The summed E-state index contributed by atoms with van der Waals surface area (Å²) in [6.07, 6.45) is 0. The van der Waals surface area contributed by atoms with E-state index in [-0.39, 0.29) is 23.1 Å². The first-order chi connectivity index (χ1) is 8.57. The molecule has 0 aliphatic rings. The fourth-order valence-electron chi connectivity index (χ4n) is 1.23. The number of aryl methyl sites for hydroxylation is 1. The Balaban J connectivity index is 0.00000361. The largest absolute Gasteiger partial charge is 0.455 e. The fourth-order valence-corrected chi connectivity index (χ4v) is 1.94. The summed E-state index contributed by atoms with van der Waals surface area (Å²) in [4.78, 5) is 11.1. The van der Waals surface area contributed by atoms with Crippen LogP contribution in [0.1, 0.15) is 16.3 Å². The van der Waals surface area contributed by atoms with E-state index in [0.717, 1.165) is 6.07 Å². The summed E-state index contributed by atoms with van der Waals surface area (Å²) in [5.41, 5.74) is 4.80. The van der Waals surface area contributed by atoms with Gasteiger partial charge in [0.1, 0.15) is 10.7 Å². The van der Waals surface area contributed by atoms with E-state index in [1.54, 1.807) is 0 Å². The van der Waals surface area contributed by atoms with E-state index < -0.39 is 40.7 Å². The lowest BCUT2D eigenvalue weighted by Crippen LogP contribution is -2.41. The van der Waals surface area contributed by atoms with Crippen molar-refractivity contribution in [3.05, 3.63) is 17.6 Å². The van der Waals surface area contributed by atoms with Crippen LogP contribution >= 0.6 is 12.4 Å². The van der Waals surface area contributed by atoms with Crippen LogP contribution in [0.4, 0.5) is 8.78 Å². The topological polar surface area (TPSA) is 128 Å². The summed E-state index contributed by atoms with van der Waals surface area (Å²) in [5.74, 6) is -4.75. The molecule has 5 N–H and O–H groups in total. The van der Waals surface area contributed by atoms with Crippen molar-refractivity contribution < 1.29 is 26.4 Å². The van der Waals surface area contributed by atoms with Gasteiger partial charge in [-0.1, -0.05) is 0 Å². The van der Waals surface area contributed by atoms with Gasteiger partial charge in [-0.2, -0.15) is 0 Å². The Morgan fingerprint density at radius 3 is 2.45 bits per heavy atom. The van der Waals surface area contributed by atoms with Crippen molar-refractivity contribution in [1.29, 1.82) is 0 Å². The van der Waals surface area contributed by atoms with Gasteiger partial charge in [-0.3, -0.25) is 4.79 Å². The van der Waals surface area contributed by atoms with Crippen molar-refractivity contribution in [1.82, 2.24) is 5.32 Å². The first-order valence-corrected chi connectivity index (χ1v) is 6.61. The smallest absolute Gasteiger partial charge is 0.287 e. The Hall–Kier alpha value is -1.23. The molecule has 7 nitrogen and oxygen atoms in total. The van der Waals surface area contributed by atoms with Gasteiger partial charge in [0.25, 0.3) is 11.8 Å². The Labute approximate surface area is 120 Å². The maximum Gasteiger partial charge on any atom is 0.287 e. The van der Waals surface area contributed by atoms with Gasteiger partial charge in [-0.05, 0) is 6.92 Å². The van der Waals surface area contributed by atoms with Crippen LogP contribution in [0.15, 0.2) is 15.4 Å². The van der Waals surface area contributed by atoms with Crippen LogP contribution in [0, 0.1) is 6.92 Å². The van der Waals surface area contributed by atoms with Crippen molar-refractivity contribution in [3.63, 3.8) is 0 Å². The van der Waals surface area contributed by atoms with E-state index >= 15 is 0 Å². The van der Waals surface area contributed by atoms with Crippen molar-refractivity contribution in [2.75, 3.05) is 13.1 Å². The summed E-state index contributed by atoms with van der Waals surface area (Å²) in [5, 5.41) is 6.76. The van der Waals surface area contributed by atoms with Crippen molar-refractivity contribution in [2.24, 2.45) is 10.9 Å². The molecule has 0 aliphatic carbocycles. The van der Waals surface area contributed by atoms with Crippen LogP contribution in [-0.2, 0) is 10.0 Å². The molecule has 0 radical (unpaired) electrons. The van der Waals surface area contributed by atoms with Crippen LogP contribution < -0.4 is 16.2 Å². The minimum absolute atomic E-state index is 0. The highest BCUT2D eigenvalue weighted by Gasteiger charge is 2.28. The normalized spacial score (nSPS) is 11.8. The molecular formula is C9H14ClF2N3O4S. The Morgan fingerprint density at radius 1 is 1.50 bits per heavy atom. The van der Waals surface area contributed by atoms with Crippen molar-refractivity contribution in [2.45, 2.75) is 17.7 Å². The molecule has 1 heterocycles. The zero-order valence-corrected chi connectivity index (χ0v) is 12.0. The average molecular weight is 334 g/mol. The first kappa shape index (κ1) is 18.8. The second kappa shape index (κ2) is 6.48. The molecule has 0 spiro atoms. The molecule has 0 saturated carbocycles. The summed E-state index contributed by atoms with van der Waals surface area (Å²) >= 11 is 0. The highest BCUT2D eigenvalue weighted by atomic mass is 35.5. The Bertz CT molecular complexity index is 588. The summed E-state index contributed by atoms with van der Waals surface area (Å²) in [6.45, 7) is -0.620. The Morgan fingerprint density at radius 2 is 2.05 bits per heavy atom. The quantitative estimate of drug-likeness (QED) is 0.697. The molecule has 0 saturated heterocycles. The third kappa shape index (κ3) is 4.71. The summed E-state index contributed by atoms with van der Waals surface area (Å²) < 4.78 is 52.7. The maximum atomic E-state index is 12.8. The van der Waals surface area contributed by atoms with Crippen LogP contribution in [0.2, 0.25) is 0 Å². The number of sulfonamides is 1. The van der Waals surface area contributed by atoms with E-state index in [2.05, 4.69) is 0 Å².